The quantitative estimate of drug-likeness (QED) is 0.388. The SMILES string of the molecule is Cc1ccc(CN(C)C(=O)CSc2nnc(COc3ccc(C(C)C)cc3)n2N)c(C)c1. The van der Waals surface area contributed by atoms with E-state index in [1.807, 2.05) is 12.1 Å². The van der Waals surface area contributed by atoms with E-state index < -0.39 is 0 Å². The van der Waals surface area contributed by atoms with Crippen molar-refractivity contribution in [3.63, 3.8) is 0 Å². The molecule has 3 rings (SSSR count). The Labute approximate surface area is 193 Å². The van der Waals surface area contributed by atoms with Crippen LogP contribution in [0, 0.1) is 13.8 Å². The van der Waals surface area contributed by atoms with Crippen molar-refractivity contribution in [2.24, 2.45) is 0 Å². The topological polar surface area (TPSA) is 86.3 Å². The number of hydrogen-bond donors (Lipinski definition) is 1. The highest BCUT2D eigenvalue weighted by atomic mass is 32.2. The van der Waals surface area contributed by atoms with Gasteiger partial charge in [0.25, 0.3) is 0 Å². The maximum atomic E-state index is 12.6. The van der Waals surface area contributed by atoms with Crippen LogP contribution in [0.3, 0.4) is 0 Å². The summed E-state index contributed by atoms with van der Waals surface area (Å²) < 4.78 is 7.16. The van der Waals surface area contributed by atoms with E-state index >= 15 is 0 Å². The number of aromatic nitrogens is 3. The number of nitrogens with two attached hydrogens (primary N) is 1. The number of nitrogen functional groups attached to an aromatic ring is 1. The van der Waals surface area contributed by atoms with E-state index in [-0.39, 0.29) is 18.3 Å². The third-order valence-electron chi connectivity index (χ3n) is 5.31. The number of aryl methyl sites for hydroxylation is 2. The van der Waals surface area contributed by atoms with Gasteiger partial charge in [-0.05, 0) is 48.6 Å². The summed E-state index contributed by atoms with van der Waals surface area (Å²) in [6, 6.07) is 14.2. The van der Waals surface area contributed by atoms with Gasteiger partial charge < -0.3 is 15.5 Å². The first-order chi connectivity index (χ1) is 15.2. The van der Waals surface area contributed by atoms with Crippen LogP contribution in [0.15, 0.2) is 47.6 Å². The molecule has 1 amide bonds. The maximum absolute atomic E-state index is 12.6. The van der Waals surface area contributed by atoms with Crippen LogP contribution >= 0.6 is 11.8 Å². The predicted octanol–water partition coefficient (Wildman–Crippen LogP) is 4.06. The van der Waals surface area contributed by atoms with Gasteiger partial charge in [0.2, 0.25) is 11.1 Å². The number of thioether (sulfide) groups is 1. The van der Waals surface area contributed by atoms with Crippen LogP contribution in [0.5, 0.6) is 5.75 Å². The van der Waals surface area contributed by atoms with Gasteiger partial charge in [0.15, 0.2) is 5.82 Å². The molecule has 2 N–H and O–H groups in total. The number of carbonyl (C=O) groups is 1. The van der Waals surface area contributed by atoms with Gasteiger partial charge >= 0.3 is 0 Å². The molecule has 0 fully saturated rings. The largest absolute Gasteiger partial charge is 0.486 e. The summed E-state index contributed by atoms with van der Waals surface area (Å²) in [5.41, 5.74) is 4.79. The van der Waals surface area contributed by atoms with Crippen molar-refractivity contribution in [1.82, 2.24) is 19.8 Å². The fraction of sp³-hybridized carbons (Fsp3) is 0.375. The molecule has 0 unspecified atom stereocenters. The summed E-state index contributed by atoms with van der Waals surface area (Å²) in [5.74, 6) is 8.06. The van der Waals surface area contributed by atoms with Crippen LogP contribution in [-0.4, -0.2) is 38.5 Å². The van der Waals surface area contributed by atoms with Gasteiger partial charge in [-0.1, -0.05) is 61.5 Å². The molecule has 0 radical (unpaired) electrons. The lowest BCUT2D eigenvalue weighted by molar-refractivity contribution is -0.127. The van der Waals surface area contributed by atoms with Crippen LogP contribution in [0.25, 0.3) is 0 Å². The molecule has 1 heterocycles. The first kappa shape index (κ1) is 23.7. The van der Waals surface area contributed by atoms with E-state index in [1.54, 1.807) is 11.9 Å². The molecule has 0 saturated carbocycles. The average molecular weight is 454 g/mol. The van der Waals surface area contributed by atoms with Crippen molar-refractivity contribution < 1.29 is 9.53 Å². The molecule has 1 aromatic heterocycles. The minimum atomic E-state index is 0.000942. The average Bonchev–Trinajstić information content (AvgIpc) is 3.12. The molecule has 7 nitrogen and oxygen atoms in total. The molecule has 0 bridgehead atoms. The molecule has 0 atom stereocenters. The summed E-state index contributed by atoms with van der Waals surface area (Å²) in [6.07, 6.45) is 0. The first-order valence-corrected chi connectivity index (χ1v) is 11.6. The highest BCUT2D eigenvalue weighted by Crippen LogP contribution is 2.20. The van der Waals surface area contributed by atoms with E-state index in [0.717, 1.165) is 11.3 Å². The Morgan fingerprint density at radius 3 is 2.53 bits per heavy atom. The van der Waals surface area contributed by atoms with Gasteiger partial charge in [-0.3, -0.25) is 4.79 Å². The summed E-state index contributed by atoms with van der Waals surface area (Å²) in [7, 11) is 1.80. The summed E-state index contributed by atoms with van der Waals surface area (Å²) in [5, 5.41) is 8.69. The lowest BCUT2D eigenvalue weighted by Crippen LogP contribution is -2.28. The fourth-order valence-corrected chi connectivity index (χ4v) is 4.02. The smallest absolute Gasteiger partial charge is 0.233 e. The predicted molar refractivity (Wildman–Crippen MR) is 128 cm³/mol. The number of carbonyl (C=O) groups excluding carboxylic acids is 1. The first-order valence-electron chi connectivity index (χ1n) is 10.6. The van der Waals surface area contributed by atoms with Gasteiger partial charge in [-0.15, -0.1) is 10.2 Å². The van der Waals surface area contributed by atoms with E-state index in [1.165, 1.54) is 33.1 Å². The molecule has 3 aromatic rings. The third-order valence-corrected chi connectivity index (χ3v) is 6.23. The third kappa shape index (κ3) is 6.03. The normalized spacial score (nSPS) is 11.1. The van der Waals surface area contributed by atoms with Crippen LogP contribution in [0.4, 0.5) is 0 Å². The highest BCUT2D eigenvalue weighted by Gasteiger charge is 2.16. The van der Waals surface area contributed by atoms with Crippen molar-refractivity contribution in [2.75, 3.05) is 18.6 Å². The molecule has 8 heteroatoms. The second-order valence-corrected chi connectivity index (χ2v) is 9.19. The number of hydrogen-bond acceptors (Lipinski definition) is 6. The summed E-state index contributed by atoms with van der Waals surface area (Å²) in [4.78, 5) is 14.3. The van der Waals surface area contributed by atoms with E-state index in [2.05, 4.69) is 68.2 Å². The van der Waals surface area contributed by atoms with Crippen molar-refractivity contribution >= 4 is 17.7 Å². The number of ether oxygens (including phenoxy) is 1. The van der Waals surface area contributed by atoms with Crippen LogP contribution in [0.2, 0.25) is 0 Å². The Morgan fingerprint density at radius 1 is 1.16 bits per heavy atom. The van der Waals surface area contributed by atoms with E-state index in [9.17, 15) is 4.79 Å². The Hall–Kier alpha value is -3.00. The van der Waals surface area contributed by atoms with Gasteiger partial charge in [-0.2, -0.15) is 0 Å². The van der Waals surface area contributed by atoms with Crippen molar-refractivity contribution in [2.45, 2.75) is 51.9 Å². The molecule has 2 aromatic carbocycles. The zero-order valence-corrected chi connectivity index (χ0v) is 20.1. The lowest BCUT2D eigenvalue weighted by Gasteiger charge is -2.18. The second kappa shape index (κ2) is 10.5. The van der Waals surface area contributed by atoms with Crippen LogP contribution in [0.1, 0.15) is 47.8 Å². The van der Waals surface area contributed by atoms with Crippen LogP contribution < -0.4 is 10.6 Å². The Bertz CT molecular complexity index is 1060. The number of amides is 1. The molecular formula is C24H31N5O2S. The molecule has 170 valence electrons. The van der Waals surface area contributed by atoms with Crippen molar-refractivity contribution in [1.29, 1.82) is 0 Å². The van der Waals surface area contributed by atoms with Gasteiger partial charge in [0, 0.05) is 13.6 Å². The molecular weight excluding hydrogens is 422 g/mol. The maximum Gasteiger partial charge on any atom is 0.233 e. The Balaban J connectivity index is 1.51. The summed E-state index contributed by atoms with van der Waals surface area (Å²) in [6.45, 7) is 9.19. The monoisotopic (exact) mass is 453 g/mol. The van der Waals surface area contributed by atoms with Gasteiger partial charge in [0.1, 0.15) is 12.4 Å². The minimum Gasteiger partial charge on any atom is -0.486 e. The van der Waals surface area contributed by atoms with Gasteiger partial charge in [0.05, 0.1) is 5.75 Å². The van der Waals surface area contributed by atoms with Crippen molar-refractivity contribution in [3.8, 4) is 5.75 Å². The Kier molecular flexibility index (Phi) is 7.80. The summed E-state index contributed by atoms with van der Waals surface area (Å²) >= 11 is 1.27. The van der Waals surface area contributed by atoms with E-state index in [0.29, 0.717) is 23.4 Å². The molecule has 0 aliphatic heterocycles. The number of benzene rings is 2. The Morgan fingerprint density at radius 2 is 1.88 bits per heavy atom. The van der Waals surface area contributed by atoms with E-state index in [4.69, 9.17) is 10.6 Å². The van der Waals surface area contributed by atoms with Crippen molar-refractivity contribution in [3.05, 3.63) is 70.5 Å². The number of rotatable bonds is 9. The zero-order chi connectivity index (χ0) is 23.3. The lowest BCUT2D eigenvalue weighted by atomic mass is 10.0. The standard InChI is InChI=1S/C24H31N5O2S/c1-16(2)19-8-10-21(11-9-19)31-14-22-26-27-24(29(22)25)32-15-23(30)28(5)13-20-7-6-17(3)12-18(20)4/h6-12,16H,13-15,25H2,1-5H3. The molecule has 0 aliphatic rings. The zero-order valence-electron chi connectivity index (χ0n) is 19.3. The molecule has 0 aliphatic carbocycles. The number of nitrogens with zero attached hydrogens (tertiary/aromatic N) is 4. The fourth-order valence-electron chi connectivity index (χ4n) is 3.20. The highest BCUT2D eigenvalue weighted by molar-refractivity contribution is 7.99. The molecule has 0 saturated heterocycles. The molecule has 0 spiro atoms. The van der Waals surface area contributed by atoms with Gasteiger partial charge in [-0.25, -0.2) is 4.68 Å². The second-order valence-electron chi connectivity index (χ2n) is 8.25. The van der Waals surface area contributed by atoms with Crippen LogP contribution in [-0.2, 0) is 17.9 Å². The minimum absolute atomic E-state index is 0.000942. The molecule has 32 heavy (non-hydrogen) atoms.